The third-order valence-electron chi connectivity index (χ3n) is 4.28. The summed E-state index contributed by atoms with van der Waals surface area (Å²) in [5, 5.41) is 3.52. The van der Waals surface area contributed by atoms with Gasteiger partial charge in [0.05, 0.1) is 11.6 Å². The number of aromatic nitrogens is 2. The van der Waals surface area contributed by atoms with Crippen LogP contribution in [0.4, 0.5) is 0 Å². The fourth-order valence-corrected chi connectivity index (χ4v) is 3.27. The molecule has 3 rings (SSSR count). The van der Waals surface area contributed by atoms with Gasteiger partial charge in [0.25, 0.3) is 0 Å². The molecule has 1 atom stereocenters. The second kappa shape index (κ2) is 8.47. The summed E-state index contributed by atoms with van der Waals surface area (Å²) in [6.45, 7) is 1.38. The standard InChI is InChI=1S/C19H23ClN4O2/c1-24(2)5-3-4-18(25)23-11-16-7-14-6-13(8-17(20)19(14)26-16)15-9-21-12-22-10-15/h6,8-10,12,16H,3-5,7,11H2,1-2H3,(H,23,25). The lowest BCUT2D eigenvalue weighted by Gasteiger charge is -2.13. The maximum absolute atomic E-state index is 11.9. The summed E-state index contributed by atoms with van der Waals surface area (Å²) >= 11 is 6.39. The third-order valence-corrected chi connectivity index (χ3v) is 4.56. The molecule has 138 valence electrons. The van der Waals surface area contributed by atoms with Gasteiger partial charge >= 0.3 is 0 Å². The molecule has 0 saturated carbocycles. The van der Waals surface area contributed by atoms with Gasteiger partial charge in [-0.25, -0.2) is 9.97 Å². The molecule has 0 spiro atoms. The van der Waals surface area contributed by atoms with E-state index in [0.717, 1.165) is 29.7 Å². The zero-order valence-electron chi connectivity index (χ0n) is 15.0. The van der Waals surface area contributed by atoms with Gasteiger partial charge in [-0.2, -0.15) is 0 Å². The summed E-state index contributed by atoms with van der Waals surface area (Å²) in [4.78, 5) is 22.1. The van der Waals surface area contributed by atoms with Crippen LogP contribution in [0.15, 0.2) is 30.9 Å². The van der Waals surface area contributed by atoms with Crippen LogP contribution in [0.25, 0.3) is 11.1 Å². The molecule has 2 heterocycles. The Morgan fingerprint density at radius 1 is 1.31 bits per heavy atom. The number of nitrogens with one attached hydrogen (secondary N) is 1. The maximum atomic E-state index is 11.9. The van der Waals surface area contributed by atoms with Crippen LogP contribution in [0.1, 0.15) is 18.4 Å². The highest BCUT2D eigenvalue weighted by atomic mass is 35.5. The molecule has 1 aromatic carbocycles. The molecule has 1 aliphatic rings. The quantitative estimate of drug-likeness (QED) is 0.806. The number of carbonyl (C=O) groups is 1. The average Bonchev–Trinajstić information content (AvgIpc) is 3.04. The number of halogens is 1. The lowest BCUT2D eigenvalue weighted by molar-refractivity contribution is -0.121. The summed E-state index contributed by atoms with van der Waals surface area (Å²) in [5.74, 6) is 0.763. The van der Waals surface area contributed by atoms with Gasteiger partial charge in [0.1, 0.15) is 18.2 Å². The highest BCUT2D eigenvalue weighted by molar-refractivity contribution is 6.32. The molecule has 1 aromatic heterocycles. The monoisotopic (exact) mass is 374 g/mol. The molecular weight excluding hydrogens is 352 g/mol. The van der Waals surface area contributed by atoms with Crippen molar-refractivity contribution in [1.82, 2.24) is 20.2 Å². The Labute approximate surface area is 158 Å². The van der Waals surface area contributed by atoms with E-state index < -0.39 is 0 Å². The van der Waals surface area contributed by atoms with Crippen molar-refractivity contribution < 1.29 is 9.53 Å². The van der Waals surface area contributed by atoms with E-state index in [0.29, 0.717) is 30.2 Å². The number of ether oxygens (including phenoxy) is 1. The fourth-order valence-electron chi connectivity index (χ4n) is 2.99. The summed E-state index contributed by atoms with van der Waals surface area (Å²) < 4.78 is 5.94. The molecule has 6 nitrogen and oxygen atoms in total. The van der Waals surface area contributed by atoms with Crippen molar-refractivity contribution in [3.05, 3.63) is 41.4 Å². The molecule has 0 radical (unpaired) electrons. The minimum atomic E-state index is -0.0948. The molecule has 0 saturated heterocycles. The molecule has 2 aromatic rings. The SMILES string of the molecule is CN(C)CCCC(=O)NCC1Cc2cc(-c3cncnc3)cc(Cl)c2O1. The number of fused-ring (bicyclic) bond motifs is 1. The van der Waals surface area contributed by atoms with Crippen LogP contribution >= 0.6 is 11.6 Å². The number of amides is 1. The molecule has 1 aliphatic heterocycles. The number of carbonyl (C=O) groups excluding carboxylic acids is 1. The first kappa shape index (κ1) is 18.6. The molecule has 26 heavy (non-hydrogen) atoms. The van der Waals surface area contributed by atoms with Gasteiger partial charge < -0.3 is 15.0 Å². The minimum absolute atomic E-state index is 0.0552. The van der Waals surface area contributed by atoms with Gasteiger partial charge in [-0.05, 0) is 44.8 Å². The van der Waals surface area contributed by atoms with Crippen LogP contribution in [0.2, 0.25) is 5.02 Å². The molecule has 0 fully saturated rings. The van der Waals surface area contributed by atoms with Crippen LogP contribution in [0, 0.1) is 0 Å². The van der Waals surface area contributed by atoms with E-state index in [4.69, 9.17) is 16.3 Å². The normalized spacial score (nSPS) is 15.6. The van der Waals surface area contributed by atoms with Crippen LogP contribution in [-0.4, -0.2) is 54.1 Å². The van der Waals surface area contributed by atoms with E-state index in [1.165, 1.54) is 6.33 Å². The highest BCUT2D eigenvalue weighted by Gasteiger charge is 2.26. The van der Waals surface area contributed by atoms with E-state index in [1.807, 2.05) is 20.2 Å². The van der Waals surface area contributed by atoms with Crippen molar-refractivity contribution in [2.45, 2.75) is 25.4 Å². The van der Waals surface area contributed by atoms with Gasteiger partial charge in [-0.3, -0.25) is 4.79 Å². The Kier molecular flexibility index (Phi) is 6.06. The van der Waals surface area contributed by atoms with Crippen LogP contribution < -0.4 is 10.1 Å². The van der Waals surface area contributed by atoms with Crippen LogP contribution in [0.5, 0.6) is 5.75 Å². The first-order valence-corrected chi connectivity index (χ1v) is 9.06. The van der Waals surface area contributed by atoms with Gasteiger partial charge in [-0.1, -0.05) is 11.6 Å². The zero-order chi connectivity index (χ0) is 18.5. The third kappa shape index (κ3) is 4.71. The van der Waals surface area contributed by atoms with E-state index >= 15 is 0 Å². The maximum Gasteiger partial charge on any atom is 0.220 e. The molecule has 0 bridgehead atoms. The predicted molar refractivity (Wildman–Crippen MR) is 101 cm³/mol. The molecular formula is C19H23ClN4O2. The summed E-state index contributed by atoms with van der Waals surface area (Å²) in [7, 11) is 4.00. The van der Waals surface area contributed by atoms with Gasteiger partial charge in [0.15, 0.2) is 0 Å². The average molecular weight is 375 g/mol. The lowest BCUT2D eigenvalue weighted by atomic mass is 10.0. The van der Waals surface area contributed by atoms with Crippen molar-refractivity contribution in [2.75, 3.05) is 27.2 Å². The highest BCUT2D eigenvalue weighted by Crippen LogP contribution is 2.39. The number of nitrogens with zero attached hydrogens (tertiary/aromatic N) is 3. The second-order valence-corrected chi connectivity index (χ2v) is 7.14. The van der Waals surface area contributed by atoms with E-state index in [-0.39, 0.29) is 12.0 Å². The summed E-state index contributed by atoms with van der Waals surface area (Å²) in [6.07, 6.45) is 7.00. The largest absolute Gasteiger partial charge is 0.486 e. The lowest BCUT2D eigenvalue weighted by Crippen LogP contribution is -2.34. The van der Waals surface area contributed by atoms with Crippen molar-refractivity contribution in [3.63, 3.8) is 0 Å². The zero-order valence-corrected chi connectivity index (χ0v) is 15.8. The Morgan fingerprint density at radius 2 is 2.08 bits per heavy atom. The molecule has 0 aliphatic carbocycles. The Morgan fingerprint density at radius 3 is 2.81 bits per heavy atom. The van der Waals surface area contributed by atoms with E-state index in [1.54, 1.807) is 12.4 Å². The van der Waals surface area contributed by atoms with Crippen molar-refractivity contribution in [2.24, 2.45) is 0 Å². The number of benzene rings is 1. The summed E-state index contributed by atoms with van der Waals surface area (Å²) in [6, 6.07) is 3.92. The van der Waals surface area contributed by atoms with Crippen molar-refractivity contribution in [1.29, 1.82) is 0 Å². The number of hydrogen-bond acceptors (Lipinski definition) is 5. The first-order chi connectivity index (χ1) is 12.5. The van der Waals surface area contributed by atoms with E-state index in [2.05, 4.69) is 26.3 Å². The van der Waals surface area contributed by atoms with Gasteiger partial charge in [0.2, 0.25) is 5.91 Å². The molecule has 1 amide bonds. The first-order valence-electron chi connectivity index (χ1n) is 8.69. The fraction of sp³-hybridized carbons (Fsp3) is 0.421. The topological polar surface area (TPSA) is 67.4 Å². The number of rotatable bonds is 7. The molecule has 1 N–H and O–H groups in total. The Balaban J connectivity index is 1.57. The van der Waals surface area contributed by atoms with Crippen molar-refractivity contribution in [3.8, 4) is 16.9 Å². The van der Waals surface area contributed by atoms with Crippen molar-refractivity contribution >= 4 is 17.5 Å². The van der Waals surface area contributed by atoms with E-state index in [9.17, 15) is 4.79 Å². The smallest absolute Gasteiger partial charge is 0.220 e. The van der Waals surface area contributed by atoms with Crippen LogP contribution in [-0.2, 0) is 11.2 Å². The second-order valence-electron chi connectivity index (χ2n) is 6.73. The van der Waals surface area contributed by atoms with Gasteiger partial charge in [0, 0.05) is 36.4 Å². The number of hydrogen-bond donors (Lipinski definition) is 1. The predicted octanol–water partition coefficient (Wildman–Crippen LogP) is 2.56. The summed E-state index contributed by atoms with van der Waals surface area (Å²) in [5.41, 5.74) is 2.92. The molecule has 1 unspecified atom stereocenters. The minimum Gasteiger partial charge on any atom is -0.486 e. The Bertz CT molecular complexity index is 768. The Hall–Kier alpha value is -2.18. The van der Waals surface area contributed by atoms with Gasteiger partial charge in [-0.15, -0.1) is 0 Å². The molecule has 7 heteroatoms. The van der Waals surface area contributed by atoms with Crippen LogP contribution in [0.3, 0.4) is 0 Å².